The number of halogens is 1. The Hall–Kier alpha value is -1.32. The summed E-state index contributed by atoms with van der Waals surface area (Å²) in [7, 11) is 1.31. The molecule has 0 aliphatic heterocycles. The zero-order valence-electron chi connectivity index (χ0n) is 8.24. The predicted molar refractivity (Wildman–Crippen MR) is 58.4 cm³/mol. The normalized spacial score (nSPS) is 10.6. The zero-order chi connectivity index (χ0) is 11.3. The monoisotopic (exact) mass is 226 g/mol. The fourth-order valence-electron chi connectivity index (χ4n) is 1.10. The van der Waals surface area contributed by atoms with Gasteiger partial charge < -0.3 is 9.84 Å². The van der Waals surface area contributed by atoms with E-state index in [0.717, 1.165) is 5.56 Å². The van der Waals surface area contributed by atoms with Crippen molar-refractivity contribution in [3.8, 4) is 0 Å². The molecular formula is C11H11ClO3. The van der Waals surface area contributed by atoms with Gasteiger partial charge in [0.2, 0.25) is 0 Å². The summed E-state index contributed by atoms with van der Waals surface area (Å²) in [4.78, 5) is 10.9. The first kappa shape index (κ1) is 11.8. The molecule has 1 rings (SSSR count). The van der Waals surface area contributed by atoms with Gasteiger partial charge in [-0.3, -0.25) is 0 Å². The van der Waals surface area contributed by atoms with E-state index in [2.05, 4.69) is 4.74 Å². The molecule has 0 aliphatic carbocycles. The van der Waals surface area contributed by atoms with Crippen molar-refractivity contribution in [1.29, 1.82) is 0 Å². The first-order chi connectivity index (χ1) is 7.17. The second-order valence-corrected chi connectivity index (χ2v) is 3.29. The van der Waals surface area contributed by atoms with Crippen molar-refractivity contribution < 1.29 is 14.6 Å². The van der Waals surface area contributed by atoms with E-state index in [0.29, 0.717) is 10.6 Å². The van der Waals surface area contributed by atoms with Crippen LogP contribution in [0.1, 0.15) is 11.1 Å². The maximum atomic E-state index is 10.9. The van der Waals surface area contributed by atoms with Gasteiger partial charge in [-0.05, 0) is 29.3 Å². The van der Waals surface area contributed by atoms with Crippen LogP contribution < -0.4 is 0 Å². The van der Waals surface area contributed by atoms with Gasteiger partial charge in [-0.15, -0.1) is 0 Å². The standard InChI is InChI=1S/C11H11ClO3/c1-15-11(14)5-3-8-2-4-10(12)6-9(8)7-13/h2-6,13H,7H2,1H3. The van der Waals surface area contributed by atoms with Gasteiger partial charge in [0.25, 0.3) is 0 Å². The first-order valence-corrected chi connectivity index (χ1v) is 4.70. The molecule has 0 fully saturated rings. The maximum absolute atomic E-state index is 10.9. The van der Waals surface area contributed by atoms with Gasteiger partial charge >= 0.3 is 5.97 Å². The lowest BCUT2D eigenvalue weighted by molar-refractivity contribution is -0.134. The number of carbonyl (C=O) groups is 1. The quantitative estimate of drug-likeness (QED) is 0.634. The Morgan fingerprint density at radius 1 is 1.60 bits per heavy atom. The minimum Gasteiger partial charge on any atom is -0.466 e. The number of hydrogen-bond donors (Lipinski definition) is 1. The van der Waals surface area contributed by atoms with E-state index in [1.165, 1.54) is 13.2 Å². The number of benzene rings is 1. The molecule has 0 atom stereocenters. The van der Waals surface area contributed by atoms with Crippen LogP contribution in [-0.2, 0) is 16.1 Å². The van der Waals surface area contributed by atoms with Gasteiger partial charge in [-0.1, -0.05) is 17.7 Å². The van der Waals surface area contributed by atoms with E-state index in [1.807, 2.05) is 0 Å². The van der Waals surface area contributed by atoms with Crippen molar-refractivity contribution in [2.75, 3.05) is 7.11 Å². The summed E-state index contributed by atoms with van der Waals surface area (Å²) in [6.45, 7) is -0.124. The first-order valence-electron chi connectivity index (χ1n) is 4.32. The maximum Gasteiger partial charge on any atom is 0.330 e. The van der Waals surface area contributed by atoms with E-state index in [-0.39, 0.29) is 6.61 Å². The van der Waals surface area contributed by atoms with Crippen molar-refractivity contribution in [1.82, 2.24) is 0 Å². The molecule has 0 unspecified atom stereocenters. The van der Waals surface area contributed by atoms with Gasteiger partial charge in [0.1, 0.15) is 0 Å². The number of ether oxygens (including phenoxy) is 1. The van der Waals surface area contributed by atoms with Crippen LogP contribution in [0.15, 0.2) is 24.3 Å². The average Bonchev–Trinajstić information content (AvgIpc) is 2.26. The van der Waals surface area contributed by atoms with Crippen molar-refractivity contribution >= 4 is 23.6 Å². The van der Waals surface area contributed by atoms with Crippen LogP contribution >= 0.6 is 11.6 Å². The molecule has 0 aromatic heterocycles. The molecular weight excluding hydrogens is 216 g/mol. The summed E-state index contributed by atoms with van der Waals surface area (Å²) in [5.74, 6) is -0.436. The molecule has 15 heavy (non-hydrogen) atoms. The molecule has 1 aromatic rings. The molecule has 0 heterocycles. The zero-order valence-corrected chi connectivity index (χ0v) is 8.99. The summed E-state index contributed by atoms with van der Waals surface area (Å²) >= 11 is 5.76. The highest BCUT2D eigenvalue weighted by atomic mass is 35.5. The lowest BCUT2D eigenvalue weighted by atomic mass is 10.1. The second-order valence-electron chi connectivity index (χ2n) is 2.86. The Balaban J connectivity index is 2.94. The number of hydrogen-bond acceptors (Lipinski definition) is 3. The number of rotatable bonds is 3. The summed E-state index contributed by atoms with van der Waals surface area (Å²) < 4.78 is 4.45. The SMILES string of the molecule is COC(=O)C=Cc1ccc(Cl)cc1CO. The fourth-order valence-corrected chi connectivity index (χ4v) is 1.29. The average molecular weight is 227 g/mol. The third-order valence-electron chi connectivity index (χ3n) is 1.88. The summed E-state index contributed by atoms with van der Waals surface area (Å²) in [5.41, 5.74) is 1.41. The van der Waals surface area contributed by atoms with Crippen LogP contribution in [0.2, 0.25) is 5.02 Å². The Bertz CT molecular complexity index is 385. The fraction of sp³-hybridized carbons (Fsp3) is 0.182. The number of aliphatic hydroxyl groups is 1. The Morgan fingerprint density at radius 3 is 2.93 bits per heavy atom. The van der Waals surface area contributed by atoms with Crippen LogP contribution in [0.3, 0.4) is 0 Å². The minimum absolute atomic E-state index is 0.124. The van der Waals surface area contributed by atoms with Crippen LogP contribution in [0.4, 0.5) is 0 Å². The van der Waals surface area contributed by atoms with E-state index < -0.39 is 5.97 Å². The van der Waals surface area contributed by atoms with Crippen molar-refractivity contribution in [3.05, 3.63) is 40.4 Å². The lowest BCUT2D eigenvalue weighted by Gasteiger charge is -2.02. The van der Waals surface area contributed by atoms with Crippen molar-refractivity contribution in [2.45, 2.75) is 6.61 Å². The summed E-state index contributed by atoms with van der Waals surface area (Å²) in [6.07, 6.45) is 2.87. The second kappa shape index (κ2) is 5.53. The molecule has 1 N–H and O–H groups in total. The van der Waals surface area contributed by atoms with Crippen LogP contribution in [0.5, 0.6) is 0 Å². The molecule has 0 radical (unpaired) electrons. The van der Waals surface area contributed by atoms with E-state index in [4.69, 9.17) is 16.7 Å². The minimum atomic E-state index is -0.436. The van der Waals surface area contributed by atoms with Gasteiger partial charge in [-0.2, -0.15) is 0 Å². The third-order valence-corrected chi connectivity index (χ3v) is 2.11. The predicted octanol–water partition coefficient (Wildman–Crippen LogP) is 2.02. The van der Waals surface area contributed by atoms with E-state index in [1.54, 1.807) is 24.3 Å². The number of carbonyl (C=O) groups excluding carboxylic acids is 1. The molecule has 0 bridgehead atoms. The molecule has 0 spiro atoms. The van der Waals surface area contributed by atoms with E-state index in [9.17, 15) is 4.79 Å². The lowest BCUT2D eigenvalue weighted by Crippen LogP contribution is -1.94. The van der Waals surface area contributed by atoms with Crippen LogP contribution in [0, 0.1) is 0 Å². The Kier molecular flexibility index (Phi) is 4.34. The molecule has 4 heteroatoms. The largest absolute Gasteiger partial charge is 0.466 e. The smallest absolute Gasteiger partial charge is 0.330 e. The van der Waals surface area contributed by atoms with Crippen molar-refractivity contribution in [2.24, 2.45) is 0 Å². The van der Waals surface area contributed by atoms with Crippen LogP contribution in [0.25, 0.3) is 6.08 Å². The summed E-state index contributed by atoms with van der Waals surface area (Å²) in [5, 5.41) is 9.61. The Morgan fingerprint density at radius 2 is 2.33 bits per heavy atom. The third kappa shape index (κ3) is 3.38. The van der Waals surface area contributed by atoms with Gasteiger partial charge in [0.15, 0.2) is 0 Å². The molecule has 80 valence electrons. The van der Waals surface area contributed by atoms with Gasteiger partial charge in [-0.25, -0.2) is 4.79 Å². The van der Waals surface area contributed by atoms with Gasteiger partial charge in [0, 0.05) is 11.1 Å². The summed E-state index contributed by atoms with van der Waals surface area (Å²) in [6, 6.07) is 5.07. The number of esters is 1. The highest BCUT2D eigenvalue weighted by Gasteiger charge is 2.00. The molecule has 1 aromatic carbocycles. The topological polar surface area (TPSA) is 46.5 Å². The highest BCUT2D eigenvalue weighted by molar-refractivity contribution is 6.30. The van der Waals surface area contributed by atoms with Gasteiger partial charge in [0.05, 0.1) is 13.7 Å². The van der Waals surface area contributed by atoms with Crippen molar-refractivity contribution in [3.63, 3.8) is 0 Å². The molecule has 0 amide bonds. The van der Waals surface area contributed by atoms with E-state index >= 15 is 0 Å². The number of aliphatic hydroxyl groups excluding tert-OH is 1. The molecule has 3 nitrogen and oxygen atoms in total. The highest BCUT2D eigenvalue weighted by Crippen LogP contribution is 2.17. The molecule has 0 aliphatic rings. The molecule has 0 saturated heterocycles. The van der Waals surface area contributed by atoms with Crippen LogP contribution in [-0.4, -0.2) is 18.2 Å². The molecule has 0 saturated carbocycles. The number of methoxy groups -OCH3 is 1. The Labute approximate surface area is 92.9 Å².